The molecule has 0 saturated carbocycles. The second kappa shape index (κ2) is 4.45. The zero-order valence-corrected chi connectivity index (χ0v) is 9.50. The van der Waals surface area contributed by atoms with Crippen LogP contribution in [0.5, 0.6) is 0 Å². The number of hydrogen-bond donors (Lipinski definition) is 2. The van der Waals surface area contributed by atoms with Crippen molar-refractivity contribution >= 4 is 5.91 Å². The van der Waals surface area contributed by atoms with Crippen LogP contribution in [-0.2, 0) is 6.54 Å². The van der Waals surface area contributed by atoms with Gasteiger partial charge in [0.25, 0.3) is 0 Å². The van der Waals surface area contributed by atoms with Gasteiger partial charge in [-0.2, -0.15) is 0 Å². The number of amides is 1. The highest BCUT2D eigenvalue weighted by atomic mass is 16.1. The highest BCUT2D eigenvalue weighted by Crippen LogP contribution is 2.06. The molecule has 3 nitrogen and oxygen atoms in total. The topological polar surface area (TPSA) is 55.1 Å². The first kappa shape index (κ1) is 11.7. The van der Waals surface area contributed by atoms with Crippen LogP contribution in [0.15, 0.2) is 24.3 Å². The van der Waals surface area contributed by atoms with Crippen LogP contribution in [0.25, 0.3) is 0 Å². The van der Waals surface area contributed by atoms with Gasteiger partial charge in [0.05, 0.1) is 0 Å². The zero-order chi connectivity index (χ0) is 11.5. The smallest absolute Gasteiger partial charge is 0.248 e. The van der Waals surface area contributed by atoms with E-state index in [1.54, 1.807) is 12.1 Å². The molecule has 0 unspecified atom stereocenters. The van der Waals surface area contributed by atoms with Crippen molar-refractivity contribution in [2.75, 3.05) is 0 Å². The third kappa shape index (κ3) is 4.13. The Morgan fingerprint density at radius 2 is 1.80 bits per heavy atom. The molecule has 3 heteroatoms. The molecule has 1 rings (SSSR count). The third-order valence-corrected chi connectivity index (χ3v) is 2.06. The molecule has 0 aliphatic heterocycles. The molecule has 0 spiro atoms. The maximum atomic E-state index is 10.8. The van der Waals surface area contributed by atoms with Gasteiger partial charge in [-0.05, 0) is 38.5 Å². The van der Waals surface area contributed by atoms with Crippen molar-refractivity contribution in [3.8, 4) is 0 Å². The molecule has 0 aliphatic rings. The van der Waals surface area contributed by atoms with E-state index in [1.165, 1.54) is 0 Å². The van der Waals surface area contributed by atoms with Gasteiger partial charge >= 0.3 is 0 Å². The van der Waals surface area contributed by atoms with E-state index in [0.29, 0.717) is 5.56 Å². The number of carbonyl (C=O) groups is 1. The van der Waals surface area contributed by atoms with Gasteiger partial charge in [0.15, 0.2) is 0 Å². The minimum atomic E-state index is -0.384. The third-order valence-electron chi connectivity index (χ3n) is 2.06. The van der Waals surface area contributed by atoms with Gasteiger partial charge < -0.3 is 11.1 Å². The maximum Gasteiger partial charge on any atom is 0.248 e. The second-order valence-electron chi connectivity index (χ2n) is 4.66. The Morgan fingerprint density at radius 1 is 1.27 bits per heavy atom. The van der Waals surface area contributed by atoms with E-state index in [0.717, 1.165) is 12.1 Å². The van der Waals surface area contributed by atoms with E-state index in [4.69, 9.17) is 5.73 Å². The Balaban J connectivity index is 2.61. The lowest BCUT2D eigenvalue weighted by molar-refractivity contribution is 0.100. The van der Waals surface area contributed by atoms with Crippen LogP contribution in [0.2, 0.25) is 0 Å². The number of benzene rings is 1. The van der Waals surface area contributed by atoms with Gasteiger partial charge in [0.2, 0.25) is 5.91 Å². The number of rotatable bonds is 3. The van der Waals surface area contributed by atoms with Crippen LogP contribution in [0, 0.1) is 0 Å². The molecule has 0 atom stereocenters. The Bertz CT molecular complexity index is 336. The van der Waals surface area contributed by atoms with Crippen LogP contribution in [0.1, 0.15) is 36.7 Å². The monoisotopic (exact) mass is 206 g/mol. The minimum Gasteiger partial charge on any atom is -0.366 e. The maximum absolute atomic E-state index is 10.8. The predicted octanol–water partition coefficient (Wildman–Crippen LogP) is 1.67. The SMILES string of the molecule is CC(C)(C)NCc1ccc(C(N)=O)cc1. The number of nitrogens with two attached hydrogens (primary N) is 1. The predicted molar refractivity (Wildman–Crippen MR) is 61.6 cm³/mol. The van der Waals surface area contributed by atoms with Crippen molar-refractivity contribution < 1.29 is 4.79 Å². The summed E-state index contributed by atoms with van der Waals surface area (Å²) in [5, 5.41) is 3.37. The van der Waals surface area contributed by atoms with Crippen molar-refractivity contribution in [3.05, 3.63) is 35.4 Å². The molecular formula is C12H18N2O. The first-order valence-corrected chi connectivity index (χ1v) is 5.02. The largest absolute Gasteiger partial charge is 0.366 e. The lowest BCUT2D eigenvalue weighted by Gasteiger charge is -2.20. The van der Waals surface area contributed by atoms with E-state index in [1.807, 2.05) is 12.1 Å². The van der Waals surface area contributed by atoms with Gasteiger partial charge in [-0.25, -0.2) is 0 Å². The van der Waals surface area contributed by atoms with E-state index >= 15 is 0 Å². The van der Waals surface area contributed by atoms with E-state index in [-0.39, 0.29) is 11.4 Å². The summed E-state index contributed by atoms with van der Waals surface area (Å²) in [6, 6.07) is 7.34. The van der Waals surface area contributed by atoms with Crippen LogP contribution in [-0.4, -0.2) is 11.4 Å². The Kier molecular flexibility index (Phi) is 3.48. The fraction of sp³-hybridized carbons (Fsp3) is 0.417. The van der Waals surface area contributed by atoms with E-state index in [2.05, 4.69) is 26.1 Å². The Hall–Kier alpha value is -1.35. The minimum absolute atomic E-state index is 0.0996. The van der Waals surface area contributed by atoms with Crippen LogP contribution < -0.4 is 11.1 Å². The summed E-state index contributed by atoms with van der Waals surface area (Å²) in [6.45, 7) is 7.14. The number of nitrogens with one attached hydrogen (secondary N) is 1. The van der Waals surface area contributed by atoms with Crippen LogP contribution in [0.4, 0.5) is 0 Å². The molecule has 0 saturated heterocycles. The zero-order valence-electron chi connectivity index (χ0n) is 9.50. The quantitative estimate of drug-likeness (QED) is 0.790. The molecule has 1 amide bonds. The highest BCUT2D eigenvalue weighted by molar-refractivity contribution is 5.92. The molecule has 1 aromatic carbocycles. The first-order chi connectivity index (χ1) is 6.88. The van der Waals surface area contributed by atoms with Crippen molar-refractivity contribution in [3.63, 3.8) is 0 Å². The Morgan fingerprint density at radius 3 is 2.20 bits per heavy atom. The first-order valence-electron chi connectivity index (χ1n) is 5.02. The van der Waals surface area contributed by atoms with Crippen molar-refractivity contribution in [1.29, 1.82) is 0 Å². The summed E-state index contributed by atoms with van der Waals surface area (Å²) in [6.07, 6.45) is 0. The molecule has 1 aromatic rings. The highest BCUT2D eigenvalue weighted by Gasteiger charge is 2.08. The molecule has 0 radical (unpaired) electrons. The molecule has 0 bridgehead atoms. The molecule has 0 aliphatic carbocycles. The normalized spacial score (nSPS) is 11.4. The number of primary amides is 1. The molecule has 0 heterocycles. The fourth-order valence-electron chi connectivity index (χ4n) is 1.15. The standard InChI is InChI=1S/C12H18N2O/c1-12(2,3)14-8-9-4-6-10(7-5-9)11(13)15/h4-7,14H,8H2,1-3H3,(H2,13,15). The average molecular weight is 206 g/mol. The van der Waals surface area contributed by atoms with Gasteiger partial charge in [-0.3, -0.25) is 4.79 Å². The molecule has 3 N–H and O–H groups in total. The van der Waals surface area contributed by atoms with Crippen molar-refractivity contribution in [1.82, 2.24) is 5.32 Å². The van der Waals surface area contributed by atoms with E-state index < -0.39 is 0 Å². The molecular weight excluding hydrogens is 188 g/mol. The molecule has 0 fully saturated rings. The summed E-state index contributed by atoms with van der Waals surface area (Å²) >= 11 is 0. The van der Waals surface area contributed by atoms with Crippen molar-refractivity contribution in [2.24, 2.45) is 5.73 Å². The van der Waals surface area contributed by atoms with Crippen molar-refractivity contribution in [2.45, 2.75) is 32.9 Å². The average Bonchev–Trinajstić information content (AvgIpc) is 2.14. The molecule has 15 heavy (non-hydrogen) atoms. The summed E-state index contributed by atoms with van der Waals surface area (Å²) in [7, 11) is 0. The summed E-state index contributed by atoms with van der Waals surface area (Å²) in [5.41, 5.74) is 6.95. The summed E-state index contributed by atoms with van der Waals surface area (Å²) in [4.78, 5) is 10.8. The summed E-state index contributed by atoms with van der Waals surface area (Å²) in [5.74, 6) is -0.384. The molecule has 0 aromatic heterocycles. The van der Waals surface area contributed by atoms with Gasteiger partial charge in [-0.15, -0.1) is 0 Å². The lowest BCUT2D eigenvalue weighted by atomic mass is 10.1. The molecule has 82 valence electrons. The fourth-order valence-corrected chi connectivity index (χ4v) is 1.15. The Labute approximate surface area is 90.7 Å². The van der Waals surface area contributed by atoms with Gasteiger partial charge in [-0.1, -0.05) is 12.1 Å². The number of carbonyl (C=O) groups excluding carboxylic acids is 1. The van der Waals surface area contributed by atoms with E-state index in [9.17, 15) is 4.79 Å². The van der Waals surface area contributed by atoms with Gasteiger partial charge in [0.1, 0.15) is 0 Å². The number of hydrogen-bond acceptors (Lipinski definition) is 2. The van der Waals surface area contributed by atoms with Crippen LogP contribution in [0.3, 0.4) is 0 Å². The second-order valence-corrected chi connectivity index (χ2v) is 4.66. The van der Waals surface area contributed by atoms with Crippen LogP contribution >= 0.6 is 0 Å². The van der Waals surface area contributed by atoms with Gasteiger partial charge in [0, 0.05) is 17.6 Å². The lowest BCUT2D eigenvalue weighted by Crippen LogP contribution is -2.35. The summed E-state index contributed by atoms with van der Waals surface area (Å²) < 4.78 is 0.